The predicted octanol–water partition coefficient (Wildman–Crippen LogP) is 2.20. The molecule has 0 unspecified atom stereocenters. The molecule has 34 heavy (non-hydrogen) atoms. The molecule has 4 aromatic heterocycles. The molecule has 0 aliphatic carbocycles. The minimum absolute atomic E-state index is 0.00873. The summed E-state index contributed by atoms with van der Waals surface area (Å²) in [6.07, 6.45) is 3.87. The van der Waals surface area contributed by atoms with E-state index in [1.165, 1.54) is 6.33 Å². The molecule has 1 amide bonds. The lowest BCUT2D eigenvalue weighted by Crippen LogP contribution is -2.31. The first-order chi connectivity index (χ1) is 16.3. The Kier molecular flexibility index (Phi) is 5.34. The lowest BCUT2D eigenvalue weighted by Gasteiger charge is -2.17. The van der Waals surface area contributed by atoms with Gasteiger partial charge in [0, 0.05) is 45.0 Å². The molecule has 1 atom stereocenters. The van der Waals surface area contributed by atoms with Gasteiger partial charge < -0.3 is 14.2 Å². The summed E-state index contributed by atoms with van der Waals surface area (Å²) >= 11 is 0. The van der Waals surface area contributed by atoms with Crippen LogP contribution in [0.25, 0.3) is 22.6 Å². The number of hydrogen-bond acceptors (Lipinski definition) is 7. The number of likely N-dealkylation sites (tertiary alicyclic amines) is 1. The van der Waals surface area contributed by atoms with Crippen LogP contribution in [-0.4, -0.2) is 69.1 Å². The third-order valence-electron chi connectivity index (χ3n) is 6.70. The highest BCUT2D eigenvalue weighted by Crippen LogP contribution is 2.30. The van der Waals surface area contributed by atoms with E-state index in [-0.39, 0.29) is 12.0 Å². The average molecular weight is 464 g/mol. The van der Waals surface area contributed by atoms with Gasteiger partial charge in [0.05, 0.1) is 29.6 Å². The number of fused-ring (bicyclic) bond motifs is 1. The molecule has 0 spiro atoms. The van der Waals surface area contributed by atoms with Gasteiger partial charge in [0.1, 0.15) is 18.3 Å². The zero-order chi connectivity index (χ0) is 24.1. The number of nitrogens with zero attached hydrogens (tertiary/aromatic N) is 9. The molecule has 178 valence electrons. The van der Waals surface area contributed by atoms with Gasteiger partial charge in [0.15, 0.2) is 11.2 Å². The second kappa shape index (κ2) is 8.23. The van der Waals surface area contributed by atoms with E-state index in [0.29, 0.717) is 35.7 Å². The quantitative estimate of drug-likeness (QED) is 0.446. The Morgan fingerprint density at radius 3 is 2.65 bits per heavy atom. The molecular weight excluding hydrogens is 434 g/mol. The average Bonchev–Trinajstić information content (AvgIpc) is 3.56. The summed E-state index contributed by atoms with van der Waals surface area (Å²) in [7, 11) is 3.78. The van der Waals surface area contributed by atoms with E-state index in [1.807, 2.05) is 55.2 Å². The predicted molar refractivity (Wildman–Crippen MR) is 126 cm³/mol. The number of hydrogen-bond donors (Lipinski definition) is 0. The van der Waals surface area contributed by atoms with E-state index in [2.05, 4.69) is 27.1 Å². The van der Waals surface area contributed by atoms with Crippen LogP contribution in [-0.2, 0) is 20.6 Å². The Labute approximate surface area is 197 Å². The van der Waals surface area contributed by atoms with Gasteiger partial charge in [-0.25, -0.2) is 9.97 Å². The maximum atomic E-state index is 13.1. The monoisotopic (exact) mass is 463 g/mol. The Morgan fingerprint density at radius 2 is 1.97 bits per heavy atom. The maximum Gasteiger partial charge on any atom is 0.257 e. The van der Waals surface area contributed by atoms with Crippen molar-refractivity contribution in [2.24, 2.45) is 14.1 Å². The summed E-state index contributed by atoms with van der Waals surface area (Å²) in [5.41, 5.74) is 5.57. The molecule has 1 saturated heterocycles. The van der Waals surface area contributed by atoms with Crippen LogP contribution >= 0.6 is 0 Å². The van der Waals surface area contributed by atoms with Crippen LogP contribution < -0.4 is 4.74 Å². The van der Waals surface area contributed by atoms with Crippen LogP contribution in [0.4, 0.5) is 0 Å². The molecule has 0 N–H and O–H groups in total. The van der Waals surface area contributed by atoms with Crippen LogP contribution in [0.3, 0.4) is 0 Å². The van der Waals surface area contributed by atoms with Crippen LogP contribution in [0.1, 0.15) is 40.8 Å². The van der Waals surface area contributed by atoms with Crippen molar-refractivity contribution in [2.75, 3.05) is 13.1 Å². The molecule has 1 aliphatic heterocycles. The molecule has 5 rings (SSSR count). The largest absolute Gasteiger partial charge is 0.471 e. The van der Waals surface area contributed by atoms with Crippen molar-refractivity contribution in [3.05, 3.63) is 35.2 Å². The van der Waals surface area contributed by atoms with E-state index in [0.717, 1.165) is 41.4 Å². The number of aromatic nitrogens is 8. The molecule has 1 aliphatic rings. The zero-order valence-electron chi connectivity index (χ0n) is 20.4. The van der Waals surface area contributed by atoms with Crippen LogP contribution in [0.2, 0.25) is 0 Å². The standard InChI is InChI=1S/C23H29N9O2/c1-7-32-14(3)17(10-26-32)20-27-19-21(29(20)5)24-12-25-22(19)34-16-8-9-31(11-16)23(33)18-13(2)28-30(6)15(18)4/h10,12,16H,7-9,11H2,1-6H3/t16-/m0/s1. The Bertz CT molecular complexity index is 1400. The van der Waals surface area contributed by atoms with Gasteiger partial charge >= 0.3 is 0 Å². The van der Waals surface area contributed by atoms with Gasteiger partial charge in [0.25, 0.3) is 5.91 Å². The van der Waals surface area contributed by atoms with Gasteiger partial charge in [-0.15, -0.1) is 0 Å². The number of ether oxygens (including phenoxy) is 1. The van der Waals surface area contributed by atoms with Crippen LogP contribution in [0.15, 0.2) is 12.5 Å². The Morgan fingerprint density at radius 1 is 1.18 bits per heavy atom. The SMILES string of the molecule is CCn1ncc(-c2nc3c(O[C@H]4CCN(C(=O)c5c(C)nn(C)c5C)C4)ncnc3n2C)c1C. The number of aryl methyl sites for hydroxylation is 4. The van der Waals surface area contributed by atoms with E-state index in [4.69, 9.17) is 9.72 Å². The normalized spacial score (nSPS) is 16.1. The summed E-state index contributed by atoms with van der Waals surface area (Å²) in [4.78, 5) is 28.6. The lowest BCUT2D eigenvalue weighted by atomic mass is 10.2. The lowest BCUT2D eigenvalue weighted by molar-refractivity contribution is 0.0770. The van der Waals surface area contributed by atoms with Gasteiger partial charge in [-0.2, -0.15) is 15.2 Å². The Hall–Kier alpha value is -3.76. The van der Waals surface area contributed by atoms with E-state index < -0.39 is 0 Å². The molecule has 11 heteroatoms. The van der Waals surface area contributed by atoms with Gasteiger partial charge in [-0.3, -0.25) is 14.2 Å². The first-order valence-corrected chi connectivity index (χ1v) is 11.5. The molecule has 1 fully saturated rings. The topological polar surface area (TPSA) is 109 Å². The molecule has 11 nitrogen and oxygen atoms in total. The highest BCUT2D eigenvalue weighted by atomic mass is 16.5. The maximum absolute atomic E-state index is 13.1. The van der Waals surface area contributed by atoms with Crippen molar-refractivity contribution in [3.63, 3.8) is 0 Å². The third kappa shape index (κ3) is 3.42. The summed E-state index contributed by atoms with van der Waals surface area (Å²) in [5.74, 6) is 1.19. The zero-order valence-corrected chi connectivity index (χ0v) is 20.4. The van der Waals surface area contributed by atoms with Crippen LogP contribution in [0.5, 0.6) is 5.88 Å². The highest BCUT2D eigenvalue weighted by Gasteiger charge is 2.32. The van der Waals surface area contributed by atoms with Crippen molar-refractivity contribution in [3.8, 4) is 17.3 Å². The number of carbonyl (C=O) groups excluding carboxylic acids is 1. The fourth-order valence-corrected chi connectivity index (χ4v) is 4.70. The van der Waals surface area contributed by atoms with Gasteiger partial charge in [-0.1, -0.05) is 0 Å². The fourth-order valence-electron chi connectivity index (χ4n) is 4.70. The van der Waals surface area contributed by atoms with Gasteiger partial charge in [-0.05, 0) is 27.7 Å². The minimum Gasteiger partial charge on any atom is -0.471 e. The summed E-state index contributed by atoms with van der Waals surface area (Å²) < 4.78 is 11.9. The number of carbonyl (C=O) groups is 1. The van der Waals surface area contributed by atoms with Crippen molar-refractivity contribution >= 4 is 17.1 Å². The molecule has 0 aromatic carbocycles. The number of imidazole rings is 1. The smallest absolute Gasteiger partial charge is 0.257 e. The number of rotatable bonds is 5. The van der Waals surface area contributed by atoms with Crippen molar-refractivity contribution in [1.29, 1.82) is 0 Å². The number of amides is 1. The molecule has 0 saturated carbocycles. The fraction of sp³-hybridized carbons (Fsp3) is 0.478. The van der Waals surface area contributed by atoms with Crippen LogP contribution in [0, 0.1) is 20.8 Å². The summed E-state index contributed by atoms with van der Waals surface area (Å²) in [6, 6.07) is 0. The van der Waals surface area contributed by atoms with E-state index >= 15 is 0 Å². The van der Waals surface area contributed by atoms with Gasteiger partial charge in [0.2, 0.25) is 5.88 Å². The molecular formula is C23H29N9O2. The second-order valence-corrected chi connectivity index (χ2v) is 8.75. The first-order valence-electron chi connectivity index (χ1n) is 11.5. The summed E-state index contributed by atoms with van der Waals surface area (Å²) in [6.45, 7) is 9.77. The first kappa shape index (κ1) is 22.1. The molecule has 4 aromatic rings. The van der Waals surface area contributed by atoms with Crippen molar-refractivity contribution < 1.29 is 9.53 Å². The molecule has 0 radical (unpaired) electrons. The van der Waals surface area contributed by atoms with Crippen molar-refractivity contribution in [1.82, 2.24) is 44.0 Å². The summed E-state index contributed by atoms with van der Waals surface area (Å²) in [5, 5.41) is 8.82. The highest BCUT2D eigenvalue weighted by molar-refractivity contribution is 5.96. The second-order valence-electron chi connectivity index (χ2n) is 8.75. The van der Waals surface area contributed by atoms with E-state index in [1.54, 1.807) is 4.68 Å². The minimum atomic E-state index is -0.172. The third-order valence-corrected chi connectivity index (χ3v) is 6.70. The molecule has 5 heterocycles. The van der Waals surface area contributed by atoms with E-state index in [9.17, 15) is 4.79 Å². The van der Waals surface area contributed by atoms with Crippen molar-refractivity contribution in [2.45, 2.75) is 46.8 Å². The molecule has 0 bridgehead atoms. The Balaban J connectivity index is 1.39.